The van der Waals surface area contributed by atoms with Gasteiger partial charge in [-0.15, -0.1) is 0 Å². The number of rotatable bonds is 12. The van der Waals surface area contributed by atoms with E-state index in [1.807, 2.05) is 13.8 Å². The summed E-state index contributed by atoms with van der Waals surface area (Å²) in [5.41, 5.74) is 0.544. The summed E-state index contributed by atoms with van der Waals surface area (Å²) in [5.74, 6) is -2.55. The zero-order valence-corrected chi connectivity index (χ0v) is 27.8. The first-order chi connectivity index (χ1) is 21.2. The van der Waals surface area contributed by atoms with Gasteiger partial charge in [0.1, 0.15) is 18.0 Å². The Morgan fingerprint density at radius 3 is 2.27 bits per heavy atom. The number of carbonyl (C=O) groups excluding carboxylic acids is 1. The van der Waals surface area contributed by atoms with Gasteiger partial charge in [-0.2, -0.15) is 4.31 Å². The number of thiol groups is 1. The highest BCUT2D eigenvalue weighted by Gasteiger charge is 2.49. The fourth-order valence-electron chi connectivity index (χ4n) is 5.89. The van der Waals surface area contributed by atoms with E-state index in [1.54, 1.807) is 85.5 Å². The van der Waals surface area contributed by atoms with Gasteiger partial charge in [0, 0.05) is 28.2 Å². The lowest BCUT2D eigenvalue weighted by atomic mass is 9.87. The summed E-state index contributed by atoms with van der Waals surface area (Å²) in [6, 6.07) is 18.5. The van der Waals surface area contributed by atoms with Gasteiger partial charge in [0.05, 0.1) is 12.5 Å². The van der Waals surface area contributed by atoms with Crippen molar-refractivity contribution in [2.24, 2.45) is 5.92 Å². The van der Waals surface area contributed by atoms with Crippen molar-refractivity contribution in [3.8, 4) is 0 Å². The molecule has 12 heteroatoms. The van der Waals surface area contributed by atoms with Gasteiger partial charge in [0.25, 0.3) is 5.91 Å². The Balaban J connectivity index is 1.86. The highest BCUT2D eigenvalue weighted by molar-refractivity contribution is 7.69. The molecule has 4 rings (SSSR count). The largest absolute Gasteiger partial charge is 0.481 e. The summed E-state index contributed by atoms with van der Waals surface area (Å²) < 4.78 is 48.0. The fraction of sp³-hybridized carbons (Fsp3) is 0.394. The third-order valence-electron chi connectivity index (χ3n) is 8.14. The second kappa shape index (κ2) is 14.6. The van der Waals surface area contributed by atoms with Gasteiger partial charge in [0.15, 0.2) is 0 Å². The van der Waals surface area contributed by atoms with Crippen LogP contribution >= 0.6 is 23.2 Å². The molecule has 0 bridgehead atoms. The highest BCUT2D eigenvalue weighted by Crippen LogP contribution is 2.45. The minimum Gasteiger partial charge on any atom is -0.481 e. The van der Waals surface area contributed by atoms with Crippen LogP contribution in [0.5, 0.6) is 0 Å². The van der Waals surface area contributed by atoms with Crippen molar-refractivity contribution in [1.82, 2.24) is 9.21 Å². The zero-order chi connectivity index (χ0) is 33.1. The summed E-state index contributed by atoms with van der Waals surface area (Å²) in [5, 5.41) is 10.6. The summed E-state index contributed by atoms with van der Waals surface area (Å²) >= 11 is 12.6. The number of carbonyl (C=O) groups is 2. The van der Waals surface area contributed by atoms with Crippen molar-refractivity contribution in [2.45, 2.75) is 70.4 Å². The monoisotopic (exact) mass is 678 g/mol. The van der Waals surface area contributed by atoms with Crippen molar-refractivity contribution in [2.75, 3.05) is 6.54 Å². The smallest absolute Gasteiger partial charge is 0.306 e. The van der Waals surface area contributed by atoms with Crippen LogP contribution in [0.4, 0.5) is 4.39 Å². The average molecular weight is 680 g/mol. The molecule has 0 spiro atoms. The van der Waals surface area contributed by atoms with E-state index in [4.69, 9.17) is 27.9 Å². The Kier molecular flexibility index (Phi) is 11.3. The molecule has 0 aromatic heterocycles. The number of carboxylic acids is 1. The first kappa shape index (κ1) is 34.8. The van der Waals surface area contributed by atoms with Crippen molar-refractivity contribution in [1.29, 1.82) is 0 Å². The lowest BCUT2D eigenvalue weighted by Gasteiger charge is -2.50. The van der Waals surface area contributed by atoms with E-state index in [2.05, 4.69) is 0 Å². The quantitative estimate of drug-likeness (QED) is 0.212. The molecule has 1 saturated heterocycles. The summed E-state index contributed by atoms with van der Waals surface area (Å²) in [6.07, 6.45) is -2.72. The number of ether oxygens (including phenoxy) is 1. The number of nitrogens with zero attached hydrogens (tertiary/aromatic N) is 2. The first-order valence-corrected chi connectivity index (χ1v) is 16.4. The van der Waals surface area contributed by atoms with Gasteiger partial charge in [-0.25, -0.2) is 12.8 Å². The Morgan fingerprint density at radius 2 is 1.69 bits per heavy atom. The molecule has 4 atom stereocenters. The molecule has 1 fully saturated rings. The van der Waals surface area contributed by atoms with Crippen LogP contribution < -0.4 is 0 Å². The maximum Gasteiger partial charge on any atom is 0.306 e. The van der Waals surface area contributed by atoms with E-state index in [0.29, 0.717) is 26.7 Å². The second-order valence-electron chi connectivity index (χ2n) is 12.2. The number of aliphatic carboxylic acids is 1. The maximum absolute atomic E-state index is 14.7. The Bertz CT molecular complexity index is 1590. The zero-order valence-electron chi connectivity index (χ0n) is 25.4. The number of halogens is 3. The molecule has 1 N–H and O–H groups in total. The molecule has 0 radical (unpaired) electrons. The standard InChI is InChI=1S/C33H37Cl2FN2O6S/c1-20(2)27(19-37(45(42)43)33(3,4)18-23-8-5-6-11-26(23)36)38-30(21-12-14-24(34)15-13-21)31(22-9-7-10-25(35)16-22)44-28(32(38)41)17-29(39)40/h5-16,20,27-28,30-31,45H,17-19H2,1-4H3,(H,39,40)/t27-,28+,30-,31-/m1/s1. The third-order valence-corrected chi connectivity index (χ3v) is 9.73. The SMILES string of the molecule is CC(C)[C@@H](CN([SH](=O)=O)C(C)(C)Cc1ccccc1F)N1C(=O)[C@H](CC(=O)O)O[C@H](c2cccc(Cl)c2)[C@H]1c1ccc(Cl)cc1. The number of hydrogen-bond acceptors (Lipinski definition) is 5. The molecule has 45 heavy (non-hydrogen) atoms. The second-order valence-corrected chi connectivity index (χ2v) is 14.0. The number of hydrogen-bond donors (Lipinski definition) is 2. The first-order valence-electron chi connectivity index (χ1n) is 14.5. The van der Waals surface area contributed by atoms with E-state index < -0.39 is 64.8 Å². The molecule has 1 heterocycles. The van der Waals surface area contributed by atoms with E-state index in [-0.39, 0.29) is 18.9 Å². The van der Waals surface area contributed by atoms with Crippen molar-refractivity contribution >= 4 is 46.0 Å². The van der Waals surface area contributed by atoms with E-state index in [0.717, 1.165) is 0 Å². The Labute approximate surface area is 274 Å². The fourth-order valence-corrected chi connectivity index (χ4v) is 7.03. The molecule has 0 unspecified atom stereocenters. The Morgan fingerprint density at radius 1 is 1.02 bits per heavy atom. The number of benzene rings is 3. The van der Waals surface area contributed by atoms with E-state index >= 15 is 0 Å². The van der Waals surface area contributed by atoms with Crippen LogP contribution in [0.1, 0.15) is 63.0 Å². The average Bonchev–Trinajstić information content (AvgIpc) is 2.95. The van der Waals surface area contributed by atoms with Crippen LogP contribution in [0.15, 0.2) is 72.8 Å². The van der Waals surface area contributed by atoms with Crippen molar-refractivity contribution in [3.63, 3.8) is 0 Å². The van der Waals surface area contributed by atoms with Crippen LogP contribution in [0.25, 0.3) is 0 Å². The molecule has 3 aromatic rings. The third kappa shape index (κ3) is 8.23. The van der Waals surface area contributed by atoms with Crippen LogP contribution in [-0.4, -0.2) is 58.8 Å². The minimum absolute atomic E-state index is 0.0816. The van der Waals surface area contributed by atoms with Gasteiger partial charge in [-0.1, -0.05) is 79.5 Å². The molecular weight excluding hydrogens is 642 g/mol. The predicted molar refractivity (Wildman–Crippen MR) is 172 cm³/mol. The minimum atomic E-state index is -3.19. The molecule has 0 aliphatic carbocycles. The van der Waals surface area contributed by atoms with Crippen LogP contribution in [0, 0.1) is 11.7 Å². The van der Waals surface area contributed by atoms with Crippen LogP contribution in [-0.2, 0) is 31.6 Å². The van der Waals surface area contributed by atoms with Gasteiger partial charge in [0.2, 0.25) is 10.9 Å². The van der Waals surface area contributed by atoms with Crippen LogP contribution in [0.2, 0.25) is 10.0 Å². The maximum atomic E-state index is 14.7. The topological polar surface area (TPSA) is 104 Å². The number of amides is 1. The molecule has 8 nitrogen and oxygen atoms in total. The van der Waals surface area contributed by atoms with Gasteiger partial charge in [-0.05, 0) is 73.2 Å². The molecule has 0 saturated carbocycles. The molecule has 1 aliphatic rings. The molecule has 242 valence electrons. The number of carboxylic acid groups (broad SMARTS) is 1. The highest BCUT2D eigenvalue weighted by atomic mass is 35.5. The van der Waals surface area contributed by atoms with Gasteiger partial charge >= 0.3 is 5.97 Å². The van der Waals surface area contributed by atoms with E-state index in [1.165, 1.54) is 10.4 Å². The lowest BCUT2D eigenvalue weighted by Crippen LogP contribution is -2.60. The summed E-state index contributed by atoms with van der Waals surface area (Å²) in [6.45, 7) is 7.03. The van der Waals surface area contributed by atoms with Gasteiger partial charge in [-0.3, -0.25) is 9.59 Å². The van der Waals surface area contributed by atoms with Crippen molar-refractivity contribution in [3.05, 3.63) is 105 Å². The Hall–Kier alpha value is -3.02. The molecule has 1 amide bonds. The van der Waals surface area contributed by atoms with E-state index in [9.17, 15) is 27.5 Å². The summed E-state index contributed by atoms with van der Waals surface area (Å²) in [4.78, 5) is 27.8. The molecular formula is C33H37Cl2FN2O6S. The number of morpholine rings is 1. The van der Waals surface area contributed by atoms with Gasteiger partial charge < -0.3 is 14.7 Å². The molecule has 1 aliphatic heterocycles. The predicted octanol–water partition coefficient (Wildman–Crippen LogP) is 6.49. The lowest BCUT2D eigenvalue weighted by molar-refractivity contribution is -0.185. The normalized spacial score (nSPS) is 19.8. The van der Waals surface area contributed by atoms with Crippen LogP contribution in [0.3, 0.4) is 0 Å². The summed E-state index contributed by atoms with van der Waals surface area (Å²) in [7, 11) is -3.19. The molecule has 3 aromatic carbocycles. The van der Waals surface area contributed by atoms with Crippen molar-refractivity contribution < 1.29 is 32.2 Å².